The molecule has 1 amide bonds. The van der Waals surface area contributed by atoms with Gasteiger partial charge >= 0.3 is 0 Å². The lowest BCUT2D eigenvalue weighted by atomic mass is 9.76. The Bertz CT molecular complexity index is 836. The molecule has 7 heteroatoms. The molecule has 3 aliphatic carbocycles. The Morgan fingerprint density at radius 3 is 2.14 bits per heavy atom. The fourth-order valence-corrected chi connectivity index (χ4v) is 4.58. The largest absolute Gasteiger partial charge is 0.492 e. The van der Waals surface area contributed by atoms with Gasteiger partial charge in [-0.3, -0.25) is 4.79 Å². The quantitative estimate of drug-likeness (QED) is 0.583. The minimum atomic E-state index is -0.0835. The first kappa shape index (κ1) is 20.3. The average molecular weight is 435 g/mol. The number of hydrogen-bond acceptors (Lipinski definition) is 4. The van der Waals surface area contributed by atoms with Crippen LogP contribution in [0.3, 0.4) is 0 Å². The van der Waals surface area contributed by atoms with Crippen molar-refractivity contribution in [2.75, 3.05) is 19.8 Å². The van der Waals surface area contributed by atoms with E-state index in [1.807, 2.05) is 24.3 Å². The molecule has 0 saturated heterocycles. The van der Waals surface area contributed by atoms with Crippen LogP contribution in [0.15, 0.2) is 48.5 Å². The zero-order valence-corrected chi connectivity index (χ0v) is 17.5. The molecule has 2 aromatic carbocycles. The number of carbonyl (C=O) groups is 1. The zero-order chi connectivity index (χ0) is 20.3. The maximum atomic E-state index is 12.3. The highest BCUT2D eigenvalue weighted by atomic mass is 35.5. The number of benzene rings is 2. The van der Waals surface area contributed by atoms with Crippen LogP contribution >= 0.6 is 23.2 Å². The summed E-state index contributed by atoms with van der Waals surface area (Å²) >= 11 is 11.7. The summed E-state index contributed by atoms with van der Waals surface area (Å²) in [6, 6.07) is 14.8. The maximum Gasteiger partial charge on any atom is 0.258 e. The molecule has 2 aromatic rings. The van der Waals surface area contributed by atoms with Crippen LogP contribution in [-0.2, 0) is 4.79 Å². The van der Waals surface area contributed by atoms with Gasteiger partial charge in [0, 0.05) is 28.2 Å². The number of rotatable bonds is 9. The predicted molar refractivity (Wildman–Crippen MR) is 114 cm³/mol. The molecule has 3 aliphatic rings. The van der Waals surface area contributed by atoms with Crippen LogP contribution in [0.5, 0.6) is 11.5 Å². The summed E-state index contributed by atoms with van der Waals surface area (Å²) in [4.78, 5) is 12.3. The van der Waals surface area contributed by atoms with Crippen LogP contribution in [0, 0.1) is 5.92 Å². The Labute approximate surface area is 180 Å². The molecule has 0 spiro atoms. The van der Waals surface area contributed by atoms with Crippen LogP contribution in [0.1, 0.15) is 19.3 Å². The van der Waals surface area contributed by atoms with Gasteiger partial charge in [0.2, 0.25) is 0 Å². The summed E-state index contributed by atoms with van der Waals surface area (Å²) in [5, 5.41) is 8.09. The summed E-state index contributed by atoms with van der Waals surface area (Å²) in [7, 11) is 0. The molecule has 3 fully saturated rings. The third-order valence-corrected chi connectivity index (χ3v) is 6.17. The number of amides is 1. The lowest BCUT2D eigenvalue weighted by Crippen LogP contribution is -2.53. The van der Waals surface area contributed by atoms with Crippen molar-refractivity contribution >= 4 is 29.1 Å². The summed E-state index contributed by atoms with van der Waals surface area (Å²) in [6.45, 7) is 1.38. The zero-order valence-electron chi connectivity index (χ0n) is 16.0. The number of ether oxygens (including phenoxy) is 2. The van der Waals surface area contributed by atoms with E-state index < -0.39 is 0 Å². The monoisotopic (exact) mass is 434 g/mol. The van der Waals surface area contributed by atoms with Gasteiger partial charge in [-0.2, -0.15) is 0 Å². The molecule has 3 saturated carbocycles. The van der Waals surface area contributed by atoms with E-state index in [1.54, 1.807) is 24.3 Å². The maximum absolute atomic E-state index is 12.3. The van der Waals surface area contributed by atoms with Crippen LogP contribution in [0.4, 0.5) is 0 Å². The summed E-state index contributed by atoms with van der Waals surface area (Å²) in [5.41, 5.74) is -0.0835. The second-order valence-corrected chi connectivity index (χ2v) is 8.68. The molecule has 154 valence electrons. The van der Waals surface area contributed by atoms with Crippen LogP contribution in [0.25, 0.3) is 0 Å². The highest BCUT2D eigenvalue weighted by Crippen LogP contribution is 2.51. The van der Waals surface area contributed by atoms with Crippen molar-refractivity contribution in [1.82, 2.24) is 10.6 Å². The Morgan fingerprint density at radius 1 is 0.931 bits per heavy atom. The van der Waals surface area contributed by atoms with E-state index in [2.05, 4.69) is 10.6 Å². The third kappa shape index (κ3) is 5.16. The van der Waals surface area contributed by atoms with E-state index in [-0.39, 0.29) is 18.1 Å². The van der Waals surface area contributed by atoms with E-state index in [0.717, 1.165) is 31.6 Å². The Morgan fingerprint density at radius 2 is 1.52 bits per heavy atom. The van der Waals surface area contributed by atoms with E-state index in [4.69, 9.17) is 32.7 Å². The van der Waals surface area contributed by atoms with Gasteiger partial charge in [-0.05, 0) is 73.7 Å². The normalized spacial score (nSPS) is 24.6. The molecule has 2 N–H and O–H groups in total. The van der Waals surface area contributed by atoms with E-state index in [0.29, 0.717) is 34.4 Å². The van der Waals surface area contributed by atoms with Crippen molar-refractivity contribution in [3.8, 4) is 11.5 Å². The highest BCUT2D eigenvalue weighted by Gasteiger charge is 2.56. The van der Waals surface area contributed by atoms with Crippen LogP contribution in [0.2, 0.25) is 10.0 Å². The topological polar surface area (TPSA) is 59.6 Å². The lowest BCUT2D eigenvalue weighted by molar-refractivity contribution is -0.125. The second kappa shape index (κ2) is 8.82. The number of nitrogens with one attached hydrogen (secondary N) is 2. The van der Waals surface area contributed by atoms with Gasteiger partial charge in [-0.25, -0.2) is 0 Å². The smallest absolute Gasteiger partial charge is 0.258 e. The van der Waals surface area contributed by atoms with Crippen LogP contribution in [-0.4, -0.2) is 37.2 Å². The molecular weight excluding hydrogens is 411 g/mol. The molecule has 29 heavy (non-hydrogen) atoms. The van der Waals surface area contributed by atoms with E-state index >= 15 is 0 Å². The van der Waals surface area contributed by atoms with Gasteiger partial charge in [0.05, 0.1) is 0 Å². The summed E-state index contributed by atoms with van der Waals surface area (Å²) in [6.07, 6.45) is 3.00. The molecule has 0 heterocycles. The summed E-state index contributed by atoms with van der Waals surface area (Å²) in [5.74, 6) is 1.99. The minimum absolute atomic E-state index is 0.0150. The number of hydrogen-bond donors (Lipinski definition) is 2. The molecule has 5 rings (SSSR count). The predicted octanol–water partition coefficient (Wildman–Crippen LogP) is 4.08. The fourth-order valence-electron chi connectivity index (χ4n) is 4.33. The molecule has 1 unspecified atom stereocenters. The van der Waals surface area contributed by atoms with Gasteiger partial charge in [-0.1, -0.05) is 23.2 Å². The third-order valence-electron chi connectivity index (χ3n) is 5.66. The van der Waals surface area contributed by atoms with Crippen molar-refractivity contribution in [2.45, 2.75) is 30.8 Å². The van der Waals surface area contributed by atoms with Crippen molar-refractivity contribution in [2.24, 2.45) is 5.92 Å². The van der Waals surface area contributed by atoms with Gasteiger partial charge in [0.15, 0.2) is 6.61 Å². The van der Waals surface area contributed by atoms with Crippen LogP contribution < -0.4 is 20.1 Å². The SMILES string of the molecule is O=C(COc1ccc(Cl)cc1)NC12CC(C1)C(NCCOc1ccc(Cl)cc1)C2. The summed E-state index contributed by atoms with van der Waals surface area (Å²) < 4.78 is 11.3. The average Bonchev–Trinajstić information content (AvgIpc) is 3.20. The van der Waals surface area contributed by atoms with Gasteiger partial charge in [0.1, 0.15) is 18.1 Å². The number of halogens is 2. The fraction of sp³-hybridized carbons (Fsp3) is 0.409. The van der Waals surface area contributed by atoms with Crippen molar-refractivity contribution in [1.29, 1.82) is 0 Å². The first-order valence-electron chi connectivity index (χ1n) is 9.82. The Hall–Kier alpha value is -1.95. The lowest BCUT2D eigenvalue weighted by Gasteiger charge is -2.39. The molecule has 1 atom stereocenters. The van der Waals surface area contributed by atoms with Crippen molar-refractivity contribution in [3.63, 3.8) is 0 Å². The molecule has 5 nitrogen and oxygen atoms in total. The Balaban J connectivity index is 1.15. The van der Waals surface area contributed by atoms with Gasteiger partial charge < -0.3 is 20.1 Å². The van der Waals surface area contributed by atoms with Crippen molar-refractivity contribution in [3.05, 3.63) is 58.6 Å². The minimum Gasteiger partial charge on any atom is -0.492 e. The molecule has 0 radical (unpaired) electrons. The first-order valence-corrected chi connectivity index (χ1v) is 10.6. The van der Waals surface area contributed by atoms with Gasteiger partial charge in [0.25, 0.3) is 5.91 Å². The number of carbonyl (C=O) groups excluding carboxylic acids is 1. The molecular formula is C22H24Cl2N2O3. The van der Waals surface area contributed by atoms with E-state index in [1.165, 1.54) is 0 Å². The first-order chi connectivity index (χ1) is 14.0. The Kier molecular flexibility index (Phi) is 6.18. The molecule has 0 aromatic heterocycles. The van der Waals surface area contributed by atoms with Crippen molar-refractivity contribution < 1.29 is 14.3 Å². The highest BCUT2D eigenvalue weighted by molar-refractivity contribution is 6.30. The van der Waals surface area contributed by atoms with E-state index in [9.17, 15) is 4.79 Å². The second-order valence-electron chi connectivity index (χ2n) is 7.81. The molecule has 2 bridgehead atoms. The number of fused-ring (bicyclic) bond motifs is 1. The van der Waals surface area contributed by atoms with Gasteiger partial charge in [-0.15, -0.1) is 0 Å². The standard InChI is InChI=1S/C22H24Cl2N2O3/c23-16-1-5-18(6-2-16)28-10-9-25-20-13-22(11-15(20)12-22)26-21(27)14-29-19-7-3-17(24)4-8-19/h1-8,15,20,25H,9-14H2,(H,26,27). The molecule has 0 aliphatic heterocycles.